The Morgan fingerprint density at radius 1 is 0.778 bits per heavy atom. The van der Waals surface area contributed by atoms with Gasteiger partial charge in [0.2, 0.25) is 11.8 Å². The van der Waals surface area contributed by atoms with Crippen molar-refractivity contribution in [2.45, 2.75) is 24.2 Å². The molecule has 4 aliphatic rings. The van der Waals surface area contributed by atoms with Gasteiger partial charge in [0.25, 0.3) is 11.8 Å². The molecule has 0 bridgehead atoms. The first-order valence-electron chi connectivity index (χ1n) is 20.2. The lowest BCUT2D eigenvalue weighted by Crippen LogP contribution is -2.53. The highest BCUT2D eigenvalue weighted by molar-refractivity contribution is 6.32. The van der Waals surface area contributed by atoms with Crippen LogP contribution in [0.2, 0.25) is 10.0 Å². The van der Waals surface area contributed by atoms with Gasteiger partial charge in [0.15, 0.2) is 11.5 Å². The van der Waals surface area contributed by atoms with Gasteiger partial charge in [-0.1, -0.05) is 71.3 Å². The zero-order valence-electron chi connectivity index (χ0n) is 34.2. The number of nitrogens with one attached hydrogen (secondary N) is 1. The number of hydrogen-bond acceptors (Lipinski definition) is 9. The lowest BCUT2D eigenvalue weighted by atomic mass is 9.49. The van der Waals surface area contributed by atoms with Crippen LogP contribution in [0.1, 0.15) is 41.0 Å². The van der Waals surface area contributed by atoms with Crippen molar-refractivity contribution in [2.24, 2.45) is 23.7 Å². The summed E-state index contributed by atoms with van der Waals surface area (Å²) < 4.78 is 30.4. The molecule has 2 saturated heterocycles. The number of carbonyl (C=O) groups excluding carboxylic acids is 4. The largest absolute Gasteiger partial charge is 0.503 e. The number of anilines is 2. The number of hydrogen-bond donors (Lipinski definition) is 2. The van der Waals surface area contributed by atoms with Gasteiger partial charge in [0.05, 0.1) is 60.9 Å². The van der Waals surface area contributed by atoms with Crippen molar-refractivity contribution in [1.29, 1.82) is 0 Å². The third kappa shape index (κ3) is 6.79. The van der Waals surface area contributed by atoms with E-state index in [9.17, 15) is 23.9 Å². The Hall–Kier alpha value is -6.63. The quantitative estimate of drug-likeness (QED) is 0.0800. The number of phenols is 1. The van der Waals surface area contributed by atoms with E-state index in [-0.39, 0.29) is 35.3 Å². The molecule has 63 heavy (non-hydrogen) atoms. The molecule has 1 saturated carbocycles. The minimum Gasteiger partial charge on any atom is -0.503 e. The second-order valence-electron chi connectivity index (χ2n) is 16.0. The molecule has 5 aromatic rings. The van der Waals surface area contributed by atoms with Gasteiger partial charge in [-0.15, -0.1) is 0 Å². The second kappa shape index (κ2) is 16.2. The van der Waals surface area contributed by atoms with Crippen LogP contribution in [0.4, 0.5) is 15.8 Å². The second-order valence-corrected chi connectivity index (χ2v) is 16.8. The molecule has 2 aliphatic heterocycles. The van der Waals surface area contributed by atoms with E-state index in [4.69, 9.17) is 37.4 Å². The number of phenolic OH excluding ortho intramolecular Hbond substituents is 1. The molecule has 14 heteroatoms. The molecule has 2 aliphatic carbocycles. The minimum atomic E-state index is -1.65. The van der Waals surface area contributed by atoms with E-state index in [1.165, 1.54) is 42.3 Å². The molecule has 11 nitrogen and oxygen atoms in total. The molecule has 6 unspecified atom stereocenters. The molecule has 0 radical (unpaired) electrons. The fraction of sp³-hybridized carbons (Fsp3) is 0.224. The predicted molar refractivity (Wildman–Crippen MR) is 236 cm³/mol. The Labute approximate surface area is 372 Å². The number of aromatic hydroxyl groups is 1. The molecule has 2 heterocycles. The maximum absolute atomic E-state index is 15.4. The number of benzene rings is 5. The van der Waals surface area contributed by atoms with Crippen LogP contribution in [-0.2, 0) is 24.6 Å². The Morgan fingerprint density at radius 3 is 2.17 bits per heavy atom. The Kier molecular flexibility index (Phi) is 10.8. The number of carbonyl (C=O) groups is 4. The number of allylic oxidation sites excluding steroid dienone is 2. The molecule has 4 amide bonds. The van der Waals surface area contributed by atoms with E-state index in [2.05, 4.69) is 5.43 Å². The van der Waals surface area contributed by atoms with Gasteiger partial charge >= 0.3 is 0 Å². The van der Waals surface area contributed by atoms with Crippen molar-refractivity contribution in [3.05, 3.63) is 153 Å². The average Bonchev–Trinajstić information content (AvgIpc) is 3.67. The van der Waals surface area contributed by atoms with E-state index >= 15 is 4.79 Å². The summed E-state index contributed by atoms with van der Waals surface area (Å²) in [4.78, 5) is 60.9. The number of fused-ring (bicyclic) bond motifs is 4. The SMILES string of the molecule is COc1ccc(OC)c(C=Cc2ccc(N3C(=O)C4CC=C5C(CC6C(=O)N(Nc7ccc(F)cc7)C(=O)C6(c6ccc(Cl)cc6)C5c5cc(Cl)c(O)c(OC)c5)C4C3=O)cc2)c1. The summed E-state index contributed by atoms with van der Waals surface area (Å²) in [6.07, 6.45) is 5.91. The number of halogens is 3. The van der Waals surface area contributed by atoms with Crippen LogP contribution in [0.25, 0.3) is 12.2 Å². The average molecular weight is 889 g/mol. The molecule has 0 aromatic heterocycles. The molecule has 9 rings (SSSR count). The maximum atomic E-state index is 15.4. The number of rotatable bonds is 10. The molecule has 3 fully saturated rings. The van der Waals surface area contributed by atoms with Crippen molar-refractivity contribution in [3.63, 3.8) is 0 Å². The third-order valence-electron chi connectivity index (χ3n) is 12.9. The first kappa shape index (κ1) is 41.7. The summed E-state index contributed by atoms with van der Waals surface area (Å²) in [5.74, 6) is -5.75. The van der Waals surface area contributed by atoms with E-state index in [0.717, 1.165) is 16.1 Å². The lowest BCUT2D eigenvalue weighted by molar-refractivity contribution is -0.138. The zero-order valence-corrected chi connectivity index (χ0v) is 35.7. The van der Waals surface area contributed by atoms with Gasteiger partial charge in [-0.3, -0.25) is 29.5 Å². The highest BCUT2D eigenvalue weighted by Gasteiger charge is 2.70. The fourth-order valence-electron chi connectivity index (χ4n) is 10.1. The first-order chi connectivity index (χ1) is 30.4. The number of imide groups is 2. The van der Waals surface area contributed by atoms with Crippen LogP contribution in [-0.4, -0.2) is 55.1 Å². The first-order valence-corrected chi connectivity index (χ1v) is 21.0. The molecule has 5 aromatic carbocycles. The van der Waals surface area contributed by atoms with Gasteiger partial charge < -0.3 is 19.3 Å². The van der Waals surface area contributed by atoms with Crippen molar-refractivity contribution < 1.29 is 42.9 Å². The molecule has 2 N–H and O–H groups in total. The number of methoxy groups -OCH3 is 3. The topological polar surface area (TPSA) is 135 Å². The maximum Gasteiger partial charge on any atom is 0.260 e. The van der Waals surface area contributed by atoms with Gasteiger partial charge in [-0.05, 0) is 114 Å². The van der Waals surface area contributed by atoms with Crippen LogP contribution in [0.5, 0.6) is 23.0 Å². The number of hydrazine groups is 1. The van der Waals surface area contributed by atoms with E-state index < -0.39 is 58.5 Å². The third-order valence-corrected chi connectivity index (χ3v) is 13.4. The van der Waals surface area contributed by atoms with Gasteiger partial charge in [0, 0.05) is 16.5 Å². The molecule has 320 valence electrons. The van der Waals surface area contributed by atoms with Crippen molar-refractivity contribution in [2.75, 3.05) is 31.7 Å². The highest BCUT2D eigenvalue weighted by atomic mass is 35.5. The standard InChI is InChI=1S/C49H40Cl2FN3O8/c1-61-34-18-21-40(62-2)27(22-34)7-4-26-5-16-33(17-6-26)54-45(57)36-20-19-35-37(42(36)47(54)59)25-38-46(58)55(53-32-14-12-31(52)13-15-32)48(60)49(38,29-8-10-30(50)11-9-29)43(35)28-23-39(51)44(56)41(24-28)63-3/h4-19,21-24,36-38,42-43,53,56H,20,25H2,1-3H3. The van der Waals surface area contributed by atoms with Crippen molar-refractivity contribution in [1.82, 2.24) is 5.01 Å². The molecular formula is C49H40Cl2FN3O8. The smallest absolute Gasteiger partial charge is 0.260 e. The summed E-state index contributed by atoms with van der Waals surface area (Å²) in [6, 6.07) is 27.6. The lowest BCUT2D eigenvalue weighted by Gasteiger charge is -2.50. The molecular weight excluding hydrogens is 848 g/mol. The summed E-state index contributed by atoms with van der Waals surface area (Å²) in [7, 11) is 4.55. The van der Waals surface area contributed by atoms with Crippen LogP contribution >= 0.6 is 23.2 Å². The molecule has 6 atom stereocenters. The van der Waals surface area contributed by atoms with Crippen LogP contribution in [0.15, 0.2) is 115 Å². The van der Waals surface area contributed by atoms with Gasteiger partial charge in [-0.2, -0.15) is 5.01 Å². The normalized spacial score (nSPS) is 24.0. The number of ether oxygens (including phenoxy) is 3. The number of nitrogens with zero attached hydrogens (tertiary/aromatic N) is 2. The molecule has 0 spiro atoms. The van der Waals surface area contributed by atoms with E-state index in [1.54, 1.807) is 56.7 Å². The Morgan fingerprint density at radius 2 is 1.49 bits per heavy atom. The van der Waals surface area contributed by atoms with Crippen molar-refractivity contribution in [3.8, 4) is 23.0 Å². The van der Waals surface area contributed by atoms with Crippen LogP contribution in [0.3, 0.4) is 0 Å². The van der Waals surface area contributed by atoms with Crippen molar-refractivity contribution >= 4 is 70.4 Å². The fourth-order valence-corrected chi connectivity index (χ4v) is 10.4. The van der Waals surface area contributed by atoms with Crippen LogP contribution in [0, 0.1) is 29.5 Å². The zero-order chi connectivity index (χ0) is 44.3. The summed E-state index contributed by atoms with van der Waals surface area (Å²) in [6.45, 7) is 0. The Bertz CT molecular complexity index is 2740. The Balaban J connectivity index is 1.13. The summed E-state index contributed by atoms with van der Waals surface area (Å²) in [5.41, 5.74) is 5.17. The summed E-state index contributed by atoms with van der Waals surface area (Å²) >= 11 is 13.1. The van der Waals surface area contributed by atoms with E-state index in [0.29, 0.717) is 44.6 Å². The predicted octanol–water partition coefficient (Wildman–Crippen LogP) is 9.22. The highest BCUT2D eigenvalue weighted by Crippen LogP contribution is 2.65. The van der Waals surface area contributed by atoms with Crippen LogP contribution < -0.4 is 24.5 Å². The van der Waals surface area contributed by atoms with E-state index in [1.807, 2.05) is 48.6 Å². The summed E-state index contributed by atoms with van der Waals surface area (Å²) in [5, 5.41) is 12.2. The van der Waals surface area contributed by atoms with Gasteiger partial charge in [-0.25, -0.2) is 4.39 Å². The minimum absolute atomic E-state index is 0.0333. The number of amides is 4. The van der Waals surface area contributed by atoms with Gasteiger partial charge in [0.1, 0.15) is 17.3 Å². The monoisotopic (exact) mass is 887 g/mol.